The maximum atomic E-state index is 12.0. The number of hydrogen-bond acceptors (Lipinski definition) is 5. The topological polar surface area (TPSA) is 111 Å². The Balaban J connectivity index is 1.88. The summed E-state index contributed by atoms with van der Waals surface area (Å²) in [6.07, 6.45) is 2.96. The van der Waals surface area contributed by atoms with E-state index in [9.17, 15) is 19.7 Å². The Hall–Kier alpha value is -2.35. The highest BCUT2D eigenvalue weighted by molar-refractivity contribution is 6.32. The second-order valence-electron chi connectivity index (χ2n) is 5.58. The molecule has 1 fully saturated rings. The first-order valence-corrected chi connectivity index (χ1v) is 7.96. The average molecular weight is 356 g/mol. The molecule has 2 rings (SSSR count). The molecule has 0 saturated heterocycles. The van der Waals surface area contributed by atoms with Crippen LogP contribution in [0.4, 0.5) is 10.5 Å². The Morgan fingerprint density at radius 2 is 2.04 bits per heavy atom. The molecular formula is C15H18ClN3O5. The molecule has 8 nitrogen and oxygen atoms in total. The molecular weight excluding hydrogens is 338 g/mol. The van der Waals surface area contributed by atoms with E-state index in [1.165, 1.54) is 19.1 Å². The molecule has 24 heavy (non-hydrogen) atoms. The molecule has 1 aliphatic carbocycles. The average Bonchev–Trinajstić information content (AvgIpc) is 3.01. The fourth-order valence-corrected chi connectivity index (χ4v) is 2.67. The van der Waals surface area contributed by atoms with E-state index in [1.54, 1.807) is 0 Å². The Morgan fingerprint density at radius 3 is 2.62 bits per heavy atom. The third-order valence-electron chi connectivity index (χ3n) is 3.73. The summed E-state index contributed by atoms with van der Waals surface area (Å²) in [6.45, 7) is 1.45. The molecule has 1 aromatic rings. The fraction of sp³-hybridized carbons (Fsp3) is 0.467. The predicted octanol–water partition coefficient (Wildman–Crippen LogP) is 2.78. The quantitative estimate of drug-likeness (QED) is 0.623. The van der Waals surface area contributed by atoms with Crippen LogP contribution in [0.25, 0.3) is 0 Å². The van der Waals surface area contributed by atoms with Gasteiger partial charge in [-0.2, -0.15) is 0 Å². The molecule has 3 amide bonds. The Morgan fingerprint density at radius 1 is 1.38 bits per heavy atom. The van der Waals surface area contributed by atoms with E-state index >= 15 is 0 Å². The van der Waals surface area contributed by atoms with Crippen molar-refractivity contribution in [3.05, 3.63) is 33.3 Å². The summed E-state index contributed by atoms with van der Waals surface area (Å²) >= 11 is 5.90. The molecule has 1 aliphatic rings. The second-order valence-corrected chi connectivity index (χ2v) is 5.98. The van der Waals surface area contributed by atoms with E-state index < -0.39 is 23.0 Å². The molecule has 2 N–H and O–H groups in total. The van der Waals surface area contributed by atoms with Gasteiger partial charge in [-0.05, 0) is 25.8 Å². The number of carbonyl (C=O) groups is 2. The second kappa shape index (κ2) is 7.96. The standard InChI is InChI=1S/C15H18ClN3O5/c1-9(14(20)18-15(21)17-10-4-2-3-5-10)24-13-7-6-11(19(22)23)8-12(13)16/h6-10H,2-5H2,1H3,(H2,17,18,20,21). The van der Waals surface area contributed by atoms with Gasteiger partial charge in [0.25, 0.3) is 11.6 Å². The highest BCUT2D eigenvalue weighted by atomic mass is 35.5. The van der Waals surface area contributed by atoms with E-state index in [-0.39, 0.29) is 22.5 Å². The lowest BCUT2D eigenvalue weighted by Crippen LogP contribution is -2.47. The van der Waals surface area contributed by atoms with Gasteiger partial charge in [-0.1, -0.05) is 24.4 Å². The Bertz CT molecular complexity index is 646. The number of nitrogens with one attached hydrogen (secondary N) is 2. The summed E-state index contributed by atoms with van der Waals surface area (Å²) in [5.41, 5.74) is -0.180. The van der Waals surface area contributed by atoms with Crippen molar-refractivity contribution in [1.29, 1.82) is 0 Å². The highest BCUT2D eigenvalue weighted by Crippen LogP contribution is 2.29. The van der Waals surface area contributed by atoms with Crippen molar-refractivity contribution in [1.82, 2.24) is 10.6 Å². The van der Waals surface area contributed by atoms with Crippen molar-refractivity contribution in [2.24, 2.45) is 0 Å². The van der Waals surface area contributed by atoms with Crippen LogP contribution >= 0.6 is 11.6 Å². The van der Waals surface area contributed by atoms with Crippen LogP contribution in [0.15, 0.2) is 18.2 Å². The van der Waals surface area contributed by atoms with Crippen LogP contribution in [0.5, 0.6) is 5.75 Å². The van der Waals surface area contributed by atoms with Crippen LogP contribution in [0.3, 0.4) is 0 Å². The predicted molar refractivity (Wildman–Crippen MR) is 87.1 cm³/mol. The summed E-state index contributed by atoms with van der Waals surface area (Å²) in [7, 11) is 0. The summed E-state index contributed by atoms with van der Waals surface area (Å²) in [4.78, 5) is 33.8. The van der Waals surface area contributed by atoms with E-state index in [2.05, 4.69) is 10.6 Å². The first kappa shape index (κ1) is 18.0. The number of nitro groups is 1. The number of benzene rings is 1. The maximum absolute atomic E-state index is 12.0. The van der Waals surface area contributed by atoms with E-state index in [0.29, 0.717) is 0 Å². The number of rotatable bonds is 5. The Labute approximate surface area is 143 Å². The number of urea groups is 1. The summed E-state index contributed by atoms with van der Waals surface area (Å²) in [5.74, 6) is -0.499. The minimum Gasteiger partial charge on any atom is -0.479 e. The molecule has 1 saturated carbocycles. The number of nitrogens with zero attached hydrogens (tertiary/aromatic N) is 1. The molecule has 0 spiro atoms. The SMILES string of the molecule is CC(Oc1ccc([N+](=O)[O-])cc1Cl)C(=O)NC(=O)NC1CCCC1. The maximum Gasteiger partial charge on any atom is 0.321 e. The first-order valence-electron chi connectivity index (χ1n) is 7.59. The fourth-order valence-electron chi connectivity index (χ4n) is 2.45. The monoisotopic (exact) mass is 355 g/mol. The third kappa shape index (κ3) is 4.82. The third-order valence-corrected chi connectivity index (χ3v) is 4.02. The number of halogens is 1. The number of non-ortho nitro benzene ring substituents is 1. The van der Waals surface area contributed by atoms with Gasteiger partial charge in [-0.15, -0.1) is 0 Å². The minimum atomic E-state index is -0.988. The zero-order chi connectivity index (χ0) is 17.7. The molecule has 0 radical (unpaired) electrons. The van der Waals surface area contributed by atoms with Gasteiger partial charge in [0.15, 0.2) is 6.10 Å². The summed E-state index contributed by atoms with van der Waals surface area (Å²) < 4.78 is 5.37. The summed E-state index contributed by atoms with van der Waals surface area (Å²) in [5, 5.41) is 15.6. The van der Waals surface area contributed by atoms with Crippen LogP contribution in [-0.2, 0) is 4.79 Å². The molecule has 0 heterocycles. The number of ether oxygens (including phenoxy) is 1. The van der Waals surface area contributed by atoms with Crippen molar-refractivity contribution >= 4 is 29.2 Å². The lowest BCUT2D eigenvalue weighted by Gasteiger charge is -2.16. The van der Waals surface area contributed by atoms with Gasteiger partial charge in [0.2, 0.25) is 0 Å². The molecule has 1 aromatic carbocycles. The van der Waals surface area contributed by atoms with Crippen molar-refractivity contribution < 1.29 is 19.2 Å². The van der Waals surface area contributed by atoms with Crippen LogP contribution in [0.1, 0.15) is 32.6 Å². The molecule has 0 aliphatic heterocycles. The number of nitro benzene ring substituents is 1. The van der Waals surface area contributed by atoms with E-state index in [0.717, 1.165) is 31.7 Å². The van der Waals surface area contributed by atoms with Crippen LogP contribution in [0, 0.1) is 10.1 Å². The zero-order valence-corrected chi connectivity index (χ0v) is 13.8. The van der Waals surface area contributed by atoms with Gasteiger partial charge in [-0.3, -0.25) is 20.2 Å². The molecule has 9 heteroatoms. The smallest absolute Gasteiger partial charge is 0.321 e. The van der Waals surface area contributed by atoms with Crippen molar-refractivity contribution in [3.63, 3.8) is 0 Å². The lowest BCUT2D eigenvalue weighted by molar-refractivity contribution is -0.384. The number of carbonyl (C=O) groups excluding carboxylic acids is 2. The van der Waals surface area contributed by atoms with Gasteiger partial charge >= 0.3 is 6.03 Å². The van der Waals surface area contributed by atoms with Gasteiger partial charge in [0.05, 0.1) is 9.95 Å². The van der Waals surface area contributed by atoms with Gasteiger partial charge < -0.3 is 10.1 Å². The van der Waals surface area contributed by atoms with Crippen molar-refractivity contribution in [2.45, 2.75) is 44.8 Å². The van der Waals surface area contributed by atoms with Crippen LogP contribution < -0.4 is 15.4 Å². The molecule has 1 unspecified atom stereocenters. The Kier molecular flexibility index (Phi) is 5.97. The van der Waals surface area contributed by atoms with Gasteiger partial charge in [0.1, 0.15) is 5.75 Å². The molecule has 1 atom stereocenters. The van der Waals surface area contributed by atoms with E-state index in [1.807, 2.05) is 0 Å². The number of hydrogen-bond donors (Lipinski definition) is 2. The number of amides is 3. The van der Waals surface area contributed by atoms with Crippen molar-refractivity contribution in [3.8, 4) is 5.75 Å². The molecule has 0 bridgehead atoms. The van der Waals surface area contributed by atoms with E-state index in [4.69, 9.17) is 16.3 Å². The van der Waals surface area contributed by atoms with Crippen LogP contribution in [-0.4, -0.2) is 29.0 Å². The molecule has 130 valence electrons. The summed E-state index contributed by atoms with van der Waals surface area (Å²) in [6, 6.07) is 3.20. The minimum absolute atomic E-state index is 0.0132. The van der Waals surface area contributed by atoms with Gasteiger partial charge in [-0.25, -0.2) is 4.79 Å². The molecule has 0 aromatic heterocycles. The lowest BCUT2D eigenvalue weighted by atomic mass is 10.2. The number of imide groups is 1. The largest absolute Gasteiger partial charge is 0.479 e. The van der Waals surface area contributed by atoms with Crippen LogP contribution in [0.2, 0.25) is 5.02 Å². The normalized spacial score (nSPS) is 15.6. The zero-order valence-electron chi connectivity index (χ0n) is 13.1. The highest BCUT2D eigenvalue weighted by Gasteiger charge is 2.22. The first-order chi connectivity index (χ1) is 11.4. The van der Waals surface area contributed by atoms with Gasteiger partial charge in [0, 0.05) is 18.2 Å². The van der Waals surface area contributed by atoms with Crippen molar-refractivity contribution in [2.75, 3.05) is 0 Å².